The summed E-state index contributed by atoms with van der Waals surface area (Å²) >= 11 is 1.69. The number of aryl methyl sites for hydroxylation is 1. The van der Waals surface area contributed by atoms with Gasteiger partial charge in [-0.25, -0.2) is 4.98 Å². The highest BCUT2D eigenvalue weighted by Gasteiger charge is 2.20. The Morgan fingerprint density at radius 2 is 1.91 bits per heavy atom. The van der Waals surface area contributed by atoms with Crippen LogP contribution in [0.15, 0.2) is 36.4 Å². The molecule has 6 heteroatoms. The number of nitrogens with one attached hydrogen (secondary N) is 1. The second kappa shape index (κ2) is 10.3. The molecule has 172 valence electrons. The molecule has 0 aliphatic carbocycles. The standard InChI is InChI=1S/C26H35N3O2S/c1-7-19(13-26(30)31)20-8-11-24(29(17(4)5)15-16(2)3)23(12-20)28-21-9-10-22-25(14-21)32-18(6)27-22/h8-12,14,16-17,19,28H,7,13,15H2,1-6H3,(H,30,31). The van der Waals surface area contributed by atoms with Gasteiger partial charge in [-0.1, -0.05) is 26.8 Å². The average Bonchev–Trinajstić information content (AvgIpc) is 3.09. The summed E-state index contributed by atoms with van der Waals surface area (Å²) in [5.41, 5.74) is 5.25. The Bertz CT molecular complexity index is 1070. The van der Waals surface area contributed by atoms with Crippen LogP contribution in [0, 0.1) is 12.8 Å². The number of carbonyl (C=O) groups is 1. The van der Waals surface area contributed by atoms with Crippen LogP contribution in [-0.4, -0.2) is 28.6 Å². The summed E-state index contributed by atoms with van der Waals surface area (Å²) in [6.45, 7) is 13.9. The third-order valence-electron chi connectivity index (χ3n) is 5.67. The van der Waals surface area contributed by atoms with Gasteiger partial charge in [-0.2, -0.15) is 0 Å². The maximum atomic E-state index is 11.4. The fourth-order valence-corrected chi connectivity index (χ4v) is 4.99. The number of rotatable bonds is 10. The molecular formula is C26H35N3O2S. The molecule has 0 fully saturated rings. The van der Waals surface area contributed by atoms with Crippen molar-refractivity contribution in [2.75, 3.05) is 16.8 Å². The third kappa shape index (κ3) is 5.80. The van der Waals surface area contributed by atoms with Crippen LogP contribution in [0.4, 0.5) is 17.1 Å². The van der Waals surface area contributed by atoms with Gasteiger partial charge in [0.15, 0.2) is 0 Å². The Labute approximate surface area is 195 Å². The molecule has 1 aromatic heterocycles. The van der Waals surface area contributed by atoms with Gasteiger partial charge < -0.3 is 15.3 Å². The summed E-state index contributed by atoms with van der Waals surface area (Å²) in [6, 6.07) is 13.0. The van der Waals surface area contributed by atoms with E-state index >= 15 is 0 Å². The van der Waals surface area contributed by atoms with Crippen molar-refractivity contribution in [2.24, 2.45) is 5.92 Å². The zero-order valence-electron chi connectivity index (χ0n) is 20.0. The zero-order valence-corrected chi connectivity index (χ0v) is 20.8. The SMILES string of the molecule is CCC(CC(=O)O)c1ccc(N(CC(C)C)C(C)C)c(Nc2ccc3nc(C)sc3c2)c1. The van der Waals surface area contributed by atoms with Crippen LogP contribution in [0.3, 0.4) is 0 Å². The molecule has 0 radical (unpaired) electrons. The molecule has 32 heavy (non-hydrogen) atoms. The van der Waals surface area contributed by atoms with Gasteiger partial charge in [-0.3, -0.25) is 4.79 Å². The monoisotopic (exact) mass is 453 g/mol. The molecule has 1 unspecified atom stereocenters. The van der Waals surface area contributed by atoms with Crippen LogP contribution in [0.25, 0.3) is 10.2 Å². The first-order valence-corrected chi connectivity index (χ1v) is 12.3. The van der Waals surface area contributed by atoms with Gasteiger partial charge in [0.25, 0.3) is 0 Å². The predicted octanol–water partition coefficient (Wildman–Crippen LogP) is 7.19. The van der Waals surface area contributed by atoms with Crippen LogP contribution >= 0.6 is 11.3 Å². The summed E-state index contributed by atoms with van der Waals surface area (Å²) in [7, 11) is 0. The van der Waals surface area contributed by atoms with Gasteiger partial charge >= 0.3 is 5.97 Å². The van der Waals surface area contributed by atoms with Crippen molar-refractivity contribution in [3.8, 4) is 0 Å². The Kier molecular flexibility index (Phi) is 7.77. The lowest BCUT2D eigenvalue weighted by Crippen LogP contribution is -2.34. The van der Waals surface area contributed by atoms with Crippen LogP contribution < -0.4 is 10.2 Å². The molecule has 0 saturated carbocycles. The number of anilines is 3. The third-order valence-corrected chi connectivity index (χ3v) is 6.61. The highest BCUT2D eigenvalue weighted by atomic mass is 32.1. The average molecular weight is 454 g/mol. The molecule has 1 atom stereocenters. The molecule has 3 rings (SSSR count). The number of carboxylic acid groups (broad SMARTS) is 1. The van der Waals surface area contributed by atoms with Crippen molar-refractivity contribution in [1.29, 1.82) is 0 Å². The molecule has 0 bridgehead atoms. The highest BCUT2D eigenvalue weighted by Crippen LogP contribution is 2.36. The normalized spacial score (nSPS) is 12.5. The Hall–Kier alpha value is -2.60. The number of aliphatic carboxylic acids is 1. The van der Waals surface area contributed by atoms with E-state index in [1.165, 1.54) is 0 Å². The molecule has 0 saturated heterocycles. The van der Waals surface area contributed by atoms with Crippen molar-refractivity contribution in [2.45, 2.75) is 66.3 Å². The van der Waals surface area contributed by atoms with Crippen LogP contribution in [0.5, 0.6) is 0 Å². The van der Waals surface area contributed by atoms with E-state index in [1.54, 1.807) is 11.3 Å². The maximum Gasteiger partial charge on any atom is 0.303 e. The van der Waals surface area contributed by atoms with E-state index in [0.717, 1.165) is 50.8 Å². The fourth-order valence-electron chi connectivity index (χ4n) is 4.12. The lowest BCUT2D eigenvalue weighted by Gasteiger charge is -2.33. The summed E-state index contributed by atoms with van der Waals surface area (Å²) in [6.07, 6.45) is 0.929. The number of thiazole rings is 1. The van der Waals surface area contributed by atoms with E-state index in [4.69, 9.17) is 0 Å². The van der Waals surface area contributed by atoms with Crippen molar-refractivity contribution in [1.82, 2.24) is 4.98 Å². The van der Waals surface area contributed by atoms with Gasteiger partial charge in [-0.05, 0) is 74.9 Å². The second-order valence-corrected chi connectivity index (χ2v) is 10.4. The fraction of sp³-hybridized carbons (Fsp3) is 0.462. The highest BCUT2D eigenvalue weighted by molar-refractivity contribution is 7.18. The molecule has 2 aromatic carbocycles. The molecular weight excluding hydrogens is 418 g/mol. The predicted molar refractivity (Wildman–Crippen MR) is 137 cm³/mol. The van der Waals surface area contributed by atoms with Crippen molar-refractivity contribution >= 4 is 44.6 Å². The van der Waals surface area contributed by atoms with E-state index < -0.39 is 5.97 Å². The maximum absolute atomic E-state index is 11.4. The van der Waals surface area contributed by atoms with Gasteiger partial charge in [0.2, 0.25) is 0 Å². The minimum absolute atomic E-state index is 0.00803. The number of benzene rings is 2. The molecule has 5 nitrogen and oxygen atoms in total. The van der Waals surface area contributed by atoms with E-state index in [-0.39, 0.29) is 12.3 Å². The van der Waals surface area contributed by atoms with E-state index in [0.29, 0.717) is 12.0 Å². The molecule has 0 aliphatic rings. The van der Waals surface area contributed by atoms with Gasteiger partial charge in [-0.15, -0.1) is 11.3 Å². The number of aromatic nitrogens is 1. The lowest BCUT2D eigenvalue weighted by atomic mass is 9.92. The first-order chi connectivity index (χ1) is 15.2. The van der Waals surface area contributed by atoms with Gasteiger partial charge in [0.1, 0.15) is 0 Å². The van der Waals surface area contributed by atoms with E-state index in [9.17, 15) is 9.90 Å². The Morgan fingerprint density at radius 1 is 1.16 bits per heavy atom. The second-order valence-electron chi connectivity index (χ2n) is 9.16. The van der Waals surface area contributed by atoms with Crippen molar-refractivity contribution < 1.29 is 9.90 Å². The van der Waals surface area contributed by atoms with Gasteiger partial charge in [0, 0.05) is 18.3 Å². The number of hydrogen-bond donors (Lipinski definition) is 2. The van der Waals surface area contributed by atoms with Crippen molar-refractivity contribution in [3.05, 3.63) is 47.0 Å². The van der Waals surface area contributed by atoms with Gasteiger partial charge in [0.05, 0.1) is 33.0 Å². The number of fused-ring (bicyclic) bond motifs is 1. The number of nitrogens with zero attached hydrogens (tertiary/aromatic N) is 2. The van der Waals surface area contributed by atoms with Crippen LogP contribution in [0.1, 0.15) is 63.9 Å². The molecule has 1 heterocycles. The van der Waals surface area contributed by atoms with Crippen molar-refractivity contribution in [3.63, 3.8) is 0 Å². The number of carboxylic acids is 1. The first kappa shape index (κ1) is 24.1. The number of hydrogen-bond acceptors (Lipinski definition) is 5. The minimum Gasteiger partial charge on any atom is -0.481 e. The smallest absolute Gasteiger partial charge is 0.303 e. The molecule has 0 aliphatic heterocycles. The quantitative estimate of drug-likeness (QED) is 0.340. The summed E-state index contributed by atoms with van der Waals surface area (Å²) in [4.78, 5) is 18.4. The summed E-state index contributed by atoms with van der Waals surface area (Å²) in [5.74, 6) is -0.242. The van der Waals surface area contributed by atoms with E-state index in [1.807, 2.05) is 13.8 Å². The van der Waals surface area contributed by atoms with Crippen LogP contribution in [-0.2, 0) is 4.79 Å². The minimum atomic E-state index is -0.759. The Balaban J connectivity index is 2.06. The summed E-state index contributed by atoms with van der Waals surface area (Å²) in [5, 5.41) is 14.1. The first-order valence-electron chi connectivity index (χ1n) is 11.4. The van der Waals surface area contributed by atoms with Crippen LogP contribution in [0.2, 0.25) is 0 Å². The topological polar surface area (TPSA) is 65.5 Å². The molecule has 0 spiro atoms. The zero-order chi connectivity index (χ0) is 23.4. The van der Waals surface area contributed by atoms with E-state index in [2.05, 4.69) is 79.3 Å². The largest absolute Gasteiger partial charge is 0.481 e. The lowest BCUT2D eigenvalue weighted by molar-refractivity contribution is -0.137. The summed E-state index contributed by atoms with van der Waals surface area (Å²) < 4.78 is 1.16. The Morgan fingerprint density at radius 3 is 2.53 bits per heavy atom. The molecule has 2 N–H and O–H groups in total. The molecule has 3 aromatic rings. The molecule has 0 amide bonds.